The number of nitrogens with one attached hydrogen (secondary N) is 1. The van der Waals surface area contributed by atoms with Crippen LogP contribution in [0.2, 0.25) is 0 Å². The van der Waals surface area contributed by atoms with Crippen LogP contribution < -0.4 is 5.32 Å². The van der Waals surface area contributed by atoms with Gasteiger partial charge in [-0.05, 0) is 18.8 Å². The lowest BCUT2D eigenvalue weighted by atomic mass is 10.1. The Labute approximate surface area is 143 Å². The van der Waals surface area contributed by atoms with Gasteiger partial charge in [0.25, 0.3) is 0 Å². The number of morpholine rings is 1. The summed E-state index contributed by atoms with van der Waals surface area (Å²) in [5.74, 6) is 1.34. The van der Waals surface area contributed by atoms with Crippen molar-refractivity contribution < 1.29 is 9.53 Å². The molecule has 7 heteroatoms. The molecule has 0 radical (unpaired) electrons. The van der Waals surface area contributed by atoms with Gasteiger partial charge in [0.05, 0.1) is 18.9 Å². The fourth-order valence-corrected chi connectivity index (χ4v) is 3.53. The Bertz CT molecular complexity index is 553. The maximum absolute atomic E-state index is 12.5. The van der Waals surface area contributed by atoms with Gasteiger partial charge in [-0.25, -0.2) is 4.79 Å². The van der Waals surface area contributed by atoms with E-state index in [1.807, 2.05) is 18.0 Å². The van der Waals surface area contributed by atoms with Crippen LogP contribution >= 0.6 is 0 Å². The standard InChI is InChI=1S/C17H29N5O2/c1-3-4-15-11-16(20(2)19-15)18-17(23)22-6-5-14(13-22)12-21-7-9-24-10-8-21/h11,14H,3-10,12-13H2,1-2H3,(H,18,23)/t14-/m0/s1. The van der Waals surface area contributed by atoms with Gasteiger partial charge < -0.3 is 9.64 Å². The fourth-order valence-electron chi connectivity index (χ4n) is 3.53. The highest BCUT2D eigenvalue weighted by molar-refractivity contribution is 5.88. The van der Waals surface area contributed by atoms with Crippen molar-refractivity contribution in [2.75, 3.05) is 51.3 Å². The third kappa shape index (κ3) is 4.27. The molecule has 7 nitrogen and oxygen atoms in total. The Hall–Kier alpha value is -1.60. The highest BCUT2D eigenvalue weighted by Crippen LogP contribution is 2.20. The number of urea groups is 1. The Morgan fingerprint density at radius 1 is 1.38 bits per heavy atom. The van der Waals surface area contributed by atoms with Crippen LogP contribution in [0.5, 0.6) is 0 Å². The van der Waals surface area contributed by atoms with E-state index in [4.69, 9.17) is 4.74 Å². The van der Waals surface area contributed by atoms with Gasteiger partial charge in [0.1, 0.15) is 5.82 Å². The van der Waals surface area contributed by atoms with Crippen LogP contribution in [-0.4, -0.2) is 71.5 Å². The normalized spacial score (nSPS) is 22.1. The molecule has 1 atom stereocenters. The lowest BCUT2D eigenvalue weighted by Crippen LogP contribution is -2.40. The Morgan fingerprint density at radius 2 is 2.17 bits per heavy atom. The van der Waals surface area contributed by atoms with Crippen LogP contribution in [0.15, 0.2) is 6.07 Å². The van der Waals surface area contributed by atoms with E-state index in [0.29, 0.717) is 5.92 Å². The third-order valence-corrected chi connectivity index (χ3v) is 4.86. The monoisotopic (exact) mass is 335 g/mol. The van der Waals surface area contributed by atoms with Crippen molar-refractivity contribution in [3.63, 3.8) is 0 Å². The topological polar surface area (TPSA) is 62.6 Å². The molecule has 2 fully saturated rings. The molecular formula is C17H29N5O2. The van der Waals surface area contributed by atoms with Crippen LogP contribution in [0.25, 0.3) is 0 Å². The Morgan fingerprint density at radius 3 is 2.92 bits per heavy atom. The molecule has 2 aliphatic rings. The lowest BCUT2D eigenvalue weighted by molar-refractivity contribution is 0.0314. The number of aryl methyl sites for hydroxylation is 2. The quantitative estimate of drug-likeness (QED) is 0.887. The number of aromatic nitrogens is 2. The molecule has 0 unspecified atom stereocenters. The third-order valence-electron chi connectivity index (χ3n) is 4.86. The minimum Gasteiger partial charge on any atom is -0.379 e. The molecule has 0 spiro atoms. The maximum Gasteiger partial charge on any atom is 0.323 e. The zero-order chi connectivity index (χ0) is 16.9. The number of carbonyl (C=O) groups is 1. The molecule has 134 valence electrons. The zero-order valence-electron chi connectivity index (χ0n) is 14.8. The summed E-state index contributed by atoms with van der Waals surface area (Å²) in [6.07, 6.45) is 3.08. The second-order valence-electron chi connectivity index (χ2n) is 6.84. The number of ether oxygens (including phenoxy) is 1. The van der Waals surface area contributed by atoms with Crippen molar-refractivity contribution in [1.29, 1.82) is 0 Å². The molecule has 2 amide bonds. The van der Waals surface area contributed by atoms with E-state index in [9.17, 15) is 4.79 Å². The summed E-state index contributed by atoms with van der Waals surface area (Å²) in [7, 11) is 1.87. The summed E-state index contributed by atoms with van der Waals surface area (Å²) in [5.41, 5.74) is 1.03. The largest absolute Gasteiger partial charge is 0.379 e. The summed E-state index contributed by atoms with van der Waals surface area (Å²) in [6, 6.07) is 1.97. The first kappa shape index (κ1) is 17.2. The van der Waals surface area contributed by atoms with Crippen molar-refractivity contribution in [1.82, 2.24) is 19.6 Å². The summed E-state index contributed by atoms with van der Waals surface area (Å²) in [4.78, 5) is 16.9. The molecule has 2 saturated heterocycles. The molecule has 0 aromatic carbocycles. The smallest absolute Gasteiger partial charge is 0.323 e. The van der Waals surface area contributed by atoms with E-state index >= 15 is 0 Å². The van der Waals surface area contributed by atoms with Crippen molar-refractivity contribution in [3.05, 3.63) is 11.8 Å². The second kappa shape index (κ2) is 7.98. The number of rotatable bonds is 5. The van der Waals surface area contributed by atoms with E-state index in [-0.39, 0.29) is 6.03 Å². The van der Waals surface area contributed by atoms with Crippen molar-refractivity contribution >= 4 is 11.8 Å². The molecule has 0 bridgehead atoms. The van der Waals surface area contributed by atoms with Crippen LogP contribution in [0.1, 0.15) is 25.5 Å². The van der Waals surface area contributed by atoms with Crippen LogP contribution in [0.3, 0.4) is 0 Å². The van der Waals surface area contributed by atoms with E-state index in [0.717, 1.165) is 76.7 Å². The van der Waals surface area contributed by atoms with E-state index in [1.54, 1.807) is 4.68 Å². The molecule has 1 aromatic heterocycles. The Kier molecular flexibility index (Phi) is 5.73. The van der Waals surface area contributed by atoms with Gasteiger partial charge in [-0.2, -0.15) is 5.10 Å². The number of likely N-dealkylation sites (tertiary alicyclic amines) is 1. The highest BCUT2D eigenvalue weighted by atomic mass is 16.5. The van der Waals surface area contributed by atoms with Gasteiger partial charge >= 0.3 is 6.03 Å². The number of nitrogens with zero attached hydrogens (tertiary/aromatic N) is 4. The molecule has 1 aromatic rings. The SMILES string of the molecule is CCCc1cc(NC(=O)N2CC[C@@H](CN3CCOCC3)C2)n(C)n1. The maximum atomic E-state index is 12.5. The second-order valence-corrected chi connectivity index (χ2v) is 6.84. The first-order valence-corrected chi connectivity index (χ1v) is 9.04. The lowest BCUT2D eigenvalue weighted by Gasteiger charge is -2.29. The average Bonchev–Trinajstić information content (AvgIpc) is 3.16. The molecule has 2 aliphatic heterocycles. The van der Waals surface area contributed by atoms with Crippen molar-refractivity contribution in [2.24, 2.45) is 13.0 Å². The van der Waals surface area contributed by atoms with Gasteiger partial charge in [-0.3, -0.25) is 14.9 Å². The molecule has 3 rings (SSSR count). The summed E-state index contributed by atoms with van der Waals surface area (Å²) < 4.78 is 7.15. The predicted octanol–water partition coefficient (Wildman–Crippen LogP) is 1.56. The first-order chi connectivity index (χ1) is 11.7. The molecule has 0 saturated carbocycles. The number of anilines is 1. The average molecular weight is 335 g/mol. The van der Waals surface area contributed by atoms with Crippen LogP contribution in [0, 0.1) is 5.92 Å². The fraction of sp³-hybridized carbons (Fsp3) is 0.765. The molecular weight excluding hydrogens is 306 g/mol. The van der Waals surface area contributed by atoms with Crippen LogP contribution in [0.4, 0.5) is 10.6 Å². The highest BCUT2D eigenvalue weighted by Gasteiger charge is 2.28. The van der Waals surface area contributed by atoms with E-state index in [1.165, 1.54) is 0 Å². The van der Waals surface area contributed by atoms with Crippen molar-refractivity contribution in [2.45, 2.75) is 26.2 Å². The molecule has 24 heavy (non-hydrogen) atoms. The minimum atomic E-state index is -0.00877. The van der Waals surface area contributed by atoms with Crippen molar-refractivity contribution in [3.8, 4) is 0 Å². The van der Waals surface area contributed by atoms with Gasteiger partial charge in [-0.1, -0.05) is 13.3 Å². The molecule has 3 heterocycles. The number of hydrogen-bond donors (Lipinski definition) is 1. The molecule has 0 aliphatic carbocycles. The van der Waals surface area contributed by atoms with E-state index < -0.39 is 0 Å². The van der Waals surface area contributed by atoms with Gasteiger partial charge in [0, 0.05) is 45.8 Å². The first-order valence-electron chi connectivity index (χ1n) is 9.04. The number of hydrogen-bond acceptors (Lipinski definition) is 4. The summed E-state index contributed by atoms with van der Waals surface area (Å²) in [5, 5.41) is 7.45. The summed E-state index contributed by atoms with van der Waals surface area (Å²) in [6.45, 7) is 8.56. The van der Waals surface area contributed by atoms with Gasteiger partial charge in [0.15, 0.2) is 0 Å². The zero-order valence-corrected chi connectivity index (χ0v) is 14.8. The van der Waals surface area contributed by atoms with Crippen LogP contribution in [-0.2, 0) is 18.2 Å². The number of carbonyl (C=O) groups excluding carboxylic acids is 1. The minimum absolute atomic E-state index is 0.00877. The van der Waals surface area contributed by atoms with Gasteiger partial charge in [-0.15, -0.1) is 0 Å². The van der Waals surface area contributed by atoms with E-state index in [2.05, 4.69) is 22.2 Å². The predicted molar refractivity (Wildman–Crippen MR) is 93.2 cm³/mol. The van der Waals surface area contributed by atoms with Gasteiger partial charge in [0.2, 0.25) is 0 Å². The Balaban J connectivity index is 1.49. The summed E-state index contributed by atoms with van der Waals surface area (Å²) >= 11 is 0. The molecule has 1 N–H and O–H groups in total. The number of amides is 2.